The fourth-order valence-electron chi connectivity index (χ4n) is 2.45. The molecule has 1 saturated heterocycles. The average molecular weight is 317 g/mol. The van der Waals surface area contributed by atoms with Gasteiger partial charge in [-0.15, -0.1) is 0 Å². The Balaban J connectivity index is 1.82. The number of nitrogens with zero attached hydrogens (tertiary/aromatic N) is 2. The van der Waals surface area contributed by atoms with Gasteiger partial charge in [0.1, 0.15) is 0 Å². The zero-order valence-corrected chi connectivity index (χ0v) is 13.7. The van der Waals surface area contributed by atoms with Gasteiger partial charge in [-0.25, -0.2) is 4.72 Å². The number of piperidine rings is 1. The van der Waals surface area contributed by atoms with E-state index in [0.29, 0.717) is 12.5 Å². The van der Waals surface area contributed by atoms with E-state index in [1.165, 1.54) is 9.87 Å². The molecule has 0 unspecified atom stereocenters. The van der Waals surface area contributed by atoms with Crippen molar-refractivity contribution in [3.8, 4) is 0 Å². The van der Waals surface area contributed by atoms with Gasteiger partial charge < -0.3 is 0 Å². The van der Waals surface area contributed by atoms with Crippen LogP contribution < -0.4 is 4.72 Å². The Morgan fingerprint density at radius 1 is 1.50 bits per heavy atom. The first-order chi connectivity index (χ1) is 9.47. The van der Waals surface area contributed by atoms with Crippen molar-refractivity contribution in [2.45, 2.75) is 19.4 Å². The van der Waals surface area contributed by atoms with E-state index >= 15 is 0 Å². The largest absolute Gasteiger partial charge is 0.299 e. The third kappa shape index (κ3) is 4.53. The molecule has 0 spiro atoms. The molecule has 1 aliphatic rings. The first kappa shape index (κ1) is 15.9. The molecule has 0 bridgehead atoms. The average Bonchev–Trinajstić information content (AvgIpc) is 2.90. The number of nitrogens with one attached hydrogen (secondary N) is 1. The van der Waals surface area contributed by atoms with Crippen LogP contribution in [0, 0.1) is 5.92 Å². The highest BCUT2D eigenvalue weighted by Crippen LogP contribution is 2.19. The quantitative estimate of drug-likeness (QED) is 0.862. The number of rotatable bonds is 6. The summed E-state index contributed by atoms with van der Waals surface area (Å²) >= 11 is 1.72. The summed E-state index contributed by atoms with van der Waals surface area (Å²) in [5.41, 5.74) is 1.35. The Morgan fingerprint density at radius 3 is 2.95 bits per heavy atom. The minimum Gasteiger partial charge on any atom is -0.299 e. The number of hydrogen-bond donors (Lipinski definition) is 1. The van der Waals surface area contributed by atoms with Crippen LogP contribution in [0.25, 0.3) is 0 Å². The van der Waals surface area contributed by atoms with E-state index in [9.17, 15) is 8.42 Å². The molecule has 2 rings (SSSR count). The molecule has 1 aromatic heterocycles. The van der Waals surface area contributed by atoms with E-state index in [4.69, 9.17) is 0 Å². The lowest BCUT2D eigenvalue weighted by molar-refractivity contribution is 0.169. The molecule has 2 heterocycles. The second kappa shape index (κ2) is 7.00. The fourth-order valence-corrected chi connectivity index (χ4v) is 3.82. The van der Waals surface area contributed by atoms with Crippen LogP contribution in [-0.2, 0) is 16.8 Å². The minimum absolute atomic E-state index is 0.400. The zero-order chi connectivity index (χ0) is 14.6. The topological polar surface area (TPSA) is 52.7 Å². The van der Waals surface area contributed by atoms with Crippen molar-refractivity contribution in [3.05, 3.63) is 22.4 Å². The second-order valence-electron chi connectivity index (χ2n) is 5.51. The highest BCUT2D eigenvalue weighted by molar-refractivity contribution is 7.87. The van der Waals surface area contributed by atoms with Gasteiger partial charge in [-0.05, 0) is 47.7 Å². The van der Waals surface area contributed by atoms with E-state index < -0.39 is 10.2 Å². The van der Waals surface area contributed by atoms with Crippen LogP contribution in [0.1, 0.15) is 18.4 Å². The molecule has 1 fully saturated rings. The van der Waals surface area contributed by atoms with Crippen molar-refractivity contribution in [2.75, 3.05) is 33.7 Å². The molecule has 1 aromatic rings. The number of likely N-dealkylation sites (tertiary alicyclic amines) is 1. The molecule has 5 nitrogen and oxygen atoms in total. The smallest absolute Gasteiger partial charge is 0.278 e. The van der Waals surface area contributed by atoms with Gasteiger partial charge in [-0.1, -0.05) is 0 Å². The van der Waals surface area contributed by atoms with Gasteiger partial charge in [0.05, 0.1) is 0 Å². The maximum Gasteiger partial charge on any atom is 0.278 e. The maximum absolute atomic E-state index is 11.7. The lowest BCUT2D eigenvalue weighted by atomic mass is 9.98. The molecule has 0 amide bonds. The van der Waals surface area contributed by atoms with Gasteiger partial charge in [0.25, 0.3) is 10.2 Å². The molecule has 1 N–H and O–H groups in total. The van der Waals surface area contributed by atoms with Gasteiger partial charge in [-0.2, -0.15) is 24.1 Å². The highest BCUT2D eigenvalue weighted by Gasteiger charge is 2.22. The van der Waals surface area contributed by atoms with Gasteiger partial charge >= 0.3 is 0 Å². The lowest BCUT2D eigenvalue weighted by Crippen LogP contribution is -2.43. The normalized spacial score (nSPS) is 21.4. The predicted octanol–water partition coefficient (Wildman–Crippen LogP) is 1.36. The van der Waals surface area contributed by atoms with Gasteiger partial charge in [-0.3, -0.25) is 4.90 Å². The standard InChI is InChI=1S/C13H23N3O2S2/c1-15(2)20(17,18)14-8-12-4-3-6-16(9-12)10-13-5-7-19-11-13/h5,7,11-12,14H,3-4,6,8-10H2,1-2H3/t12-/m1/s1. The first-order valence-corrected chi connectivity index (χ1v) is 9.26. The van der Waals surface area contributed by atoms with Crippen LogP contribution in [0.5, 0.6) is 0 Å². The first-order valence-electron chi connectivity index (χ1n) is 6.88. The maximum atomic E-state index is 11.7. The van der Waals surface area contributed by atoms with Crippen molar-refractivity contribution in [2.24, 2.45) is 5.92 Å². The number of thiophene rings is 1. The van der Waals surface area contributed by atoms with Crippen molar-refractivity contribution in [1.82, 2.24) is 13.9 Å². The van der Waals surface area contributed by atoms with E-state index in [1.54, 1.807) is 25.4 Å². The van der Waals surface area contributed by atoms with Crippen LogP contribution in [-0.4, -0.2) is 51.4 Å². The van der Waals surface area contributed by atoms with Crippen LogP contribution in [0.2, 0.25) is 0 Å². The molecule has 7 heteroatoms. The van der Waals surface area contributed by atoms with Crippen LogP contribution in [0.3, 0.4) is 0 Å². The third-order valence-electron chi connectivity index (χ3n) is 3.62. The van der Waals surface area contributed by atoms with Gasteiger partial charge in [0, 0.05) is 33.7 Å². The fraction of sp³-hybridized carbons (Fsp3) is 0.692. The molecule has 20 heavy (non-hydrogen) atoms. The summed E-state index contributed by atoms with van der Waals surface area (Å²) in [5.74, 6) is 0.400. The summed E-state index contributed by atoms with van der Waals surface area (Å²) in [6.07, 6.45) is 2.23. The van der Waals surface area contributed by atoms with Crippen LogP contribution in [0.15, 0.2) is 16.8 Å². The van der Waals surface area contributed by atoms with Gasteiger partial charge in [0.2, 0.25) is 0 Å². The summed E-state index contributed by atoms with van der Waals surface area (Å²) < 4.78 is 27.3. The molecular formula is C13H23N3O2S2. The number of hydrogen-bond acceptors (Lipinski definition) is 4. The Morgan fingerprint density at radius 2 is 2.30 bits per heavy atom. The third-order valence-corrected chi connectivity index (χ3v) is 5.85. The Labute approximate surface area is 125 Å². The second-order valence-corrected chi connectivity index (χ2v) is 8.26. The van der Waals surface area contributed by atoms with Crippen molar-refractivity contribution < 1.29 is 8.42 Å². The molecule has 0 aliphatic carbocycles. The Bertz CT molecular complexity index is 500. The summed E-state index contributed by atoms with van der Waals surface area (Å²) in [7, 11) is -0.203. The SMILES string of the molecule is CN(C)S(=O)(=O)NC[C@H]1CCCN(Cc2ccsc2)C1. The van der Waals surface area contributed by atoms with E-state index in [2.05, 4.69) is 26.4 Å². The van der Waals surface area contributed by atoms with Crippen molar-refractivity contribution in [1.29, 1.82) is 0 Å². The van der Waals surface area contributed by atoms with Gasteiger partial charge in [0.15, 0.2) is 0 Å². The molecule has 114 valence electrons. The predicted molar refractivity (Wildman–Crippen MR) is 82.9 cm³/mol. The van der Waals surface area contributed by atoms with Crippen LogP contribution in [0.4, 0.5) is 0 Å². The molecular weight excluding hydrogens is 294 g/mol. The molecule has 0 aromatic carbocycles. The Kier molecular flexibility index (Phi) is 5.57. The molecule has 1 aliphatic heterocycles. The molecule has 0 saturated carbocycles. The molecule has 1 atom stereocenters. The van der Waals surface area contributed by atoms with E-state index in [-0.39, 0.29) is 0 Å². The molecule has 0 radical (unpaired) electrons. The van der Waals surface area contributed by atoms with Crippen molar-refractivity contribution >= 4 is 21.5 Å². The lowest BCUT2D eigenvalue weighted by Gasteiger charge is -2.32. The van der Waals surface area contributed by atoms with Crippen molar-refractivity contribution in [3.63, 3.8) is 0 Å². The highest BCUT2D eigenvalue weighted by atomic mass is 32.2. The summed E-state index contributed by atoms with van der Waals surface area (Å²) in [5, 5.41) is 4.28. The summed E-state index contributed by atoms with van der Waals surface area (Å²) in [4.78, 5) is 2.42. The minimum atomic E-state index is -3.30. The van der Waals surface area contributed by atoms with E-state index in [0.717, 1.165) is 32.5 Å². The summed E-state index contributed by atoms with van der Waals surface area (Å²) in [6.45, 7) is 3.57. The summed E-state index contributed by atoms with van der Waals surface area (Å²) in [6, 6.07) is 2.16. The zero-order valence-electron chi connectivity index (χ0n) is 12.1. The monoisotopic (exact) mass is 317 g/mol. The van der Waals surface area contributed by atoms with E-state index in [1.807, 2.05) is 0 Å². The van der Waals surface area contributed by atoms with Crippen LogP contribution >= 0.6 is 11.3 Å². The Hall–Kier alpha value is -0.470.